The predicted molar refractivity (Wildman–Crippen MR) is 95.8 cm³/mol. The van der Waals surface area contributed by atoms with Gasteiger partial charge in [-0.05, 0) is 19.3 Å². The molecule has 128 valence electrons. The third-order valence-corrected chi connectivity index (χ3v) is 6.07. The minimum atomic E-state index is 0.616. The third-order valence-electron chi connectivity index (χ3n) is 4.53. The highest BCUT2D eigenvalue weighted by molar-refractivity contribution is 8.00. The molecule has 1 atom stereocenters. The molecule has 0 aliphatic carbocycles. The number of guanidine groups is 1. The van der Waals surface area contributed by atoms with Crippen molar-refractivity contribution in [1.82, 2.24) is 25.0 Å². The van der Waals surface area contributed by atoms with Gasteiger partial charge in [-0.2, -0.15) is 11.8 Å². The number of rotatable bonds is 4. The molecule has 0 spiro atoms. The molecule has 1 fully saturated rings. The summed E-state index contributed by atoms with van der Waals surface area (Å²) in [4.78, 5) is 7.26. The van der Waals surface area contributed by atoms with Crippen molar-refractivity contribution < 1.29 is 0 Å². The Labute approximate surface area is 143 Å². The van der Waals surface area contributed by atoms with Gasteiger partial charge in [-0.1, -0.05) is 13.8 Å². The zero-order valence-electron chi connectivity index (χ0n) is 14.5. The van der Waals surface area contributed by atoms with Gasteiger partial charge in [-0.3, -0.25) is 0 Å². The smallest absolute Gasteiger partial charge is 0.194 e. The molecular formula is C16H28N6S. The van der Waals surface area contributed by atoms with E-state index in [1.165, 1.54) is 12.2 Å². The molecule has 1 saturated heterocycles. The van der Waals surface area contributed by atoms with Crippen LogP contribution in [0.25, 0.3) is 0 Å². The Kier molecular flexibility index (Phi) is 5.46. The molecule has 23 heavy (non-hydrogen) atoms. The summed E-state index contributed by atoms with van der Waals surface area (Å²) in [6, 6.07) is 0. The number of hydrogen-bond acceptors (Lipinski definition) is 4. The lowest BCUT2D eigenvalue weighted by atomic mass is 10.1. The van der Waals surface area contributed by atoms with Crippen LogP contribution in [-0.2, 0) is 19.5 Å². The molecule has 1 aromatic heterocycles. The average Bonchev–Trinajstić information content (AvgIpc) is 3.15. The molecule has 3 rings (SSSR count). The second-order valence-corrected chi connectivity index (χ2v) is 7.90. The van der Waals surface area contributed by atoms with Crippen LogP contribution in [-0.4, -0.2) is 56.3 Å². The van der Waals surface area contributed by atoms with E-state index in [1.807, 2.05) is 0 Å². The van der Waals surface area contributed by atoms with Crippen LogP contribution in [0.4, 0.5) is 0 Å². The normalized spacial score (nSPS) is 21.8. The van der Waals surface area contributed by atoms with Crippen molar-refractivity contribution in [3.05, 3.63) is 11.6 Å². The van der Waals surface area contributed by atoms with Crippen LogP contribution >= 0.6 is 11.8 Å². The molecule has 0 aromatic carbocycles. The minimum absolute atomic E-state index is 0.616. The van der Waals surface area contributed by atoms with Crippen molar-refractivity contribution >= 4 is 17.7 Å². The average molecular weight is 337 g/mol. The van der Waals surface area contributed by atoms with Crippen LogP contribution in [0.5, 0.6) is 0 Å². The maximum absolute atomic E-state index is 4.85. The number of nitrogens with one attached hydrogen (secondary N) is 1. The predicted octanol–water partition coefficient (Wildman–Crippen LogP) is 1.76. The number of thioether (sulfide) groups is 1. The van der Waals surface area contributed by atoms with E-state index in [4.69, 9.17) is 4.99 Å². The minimum Gasteiger partial charge on any atom is -0.357 e. The first-order valence-electron chi connectivity index (χ1n) is 8.74. The Morgan fingerprint density at radius 2 is 2.26 bits per heavy atom. The van der Waals surface area contributed by atoms with Crippen molar-refractivity contribution in [1.29, 1.82) is 0 Å². The summed E-state index contributed by atoms with van der Waals surface area (Å²) in [6.07, 6.45) is 2.23. The maximum Gasteiger partial charge on any atom is 0.194 e. The van der Waals surface area contributed by atoms with Gasteiger partial charge in [-0.25, -0.2) is 4.99 Å². The fourth-order valence-electron chi connectivity index (χ4n) is 3.17. The van der Waals surface area contributed by atoms with E-state index in [2.05, 4.69) is 57.5 Å². The zero-order valence-corrected chi connectivity index (χ0v) is 15.3. The van der Waals surface area contributed by atoms with Gasteiger partial charge in [0, 0.05) is 43.6 Å². The summed E-state index contributed by atoms with van der Waals surface area (Å²) in [5.74, 6) is 5.02. The van der Waals surface area contributed by atoms with Gasteiger partial charge in [0.25, 0.3) is 0 Å². The molecular weight excluding hydrogens is 308 g/mol. The quantitative estimate of drug-likeness (QED) is 0.671. The molecule has 1 unspecified atom stereocenters. The van der Waals surface area contributed by atoms with Crippen LogP contribution < -0.4 is 5.32 Å². The van der Waals surface area contributed by atoms with Gasteiger partial charge in [0.2, 0.25) is 0 Å². The summed E-state index contributed by atoms with van der Waals surface area (Å²) >= 11 is 2.09. The second-order valence-electron chi connectivity index (χ2n) is 6.56. The van der Waals surface area contributed by atoms with E-state index < -0.39 is 0 Å². The Morgan fingerprint density at radius 1 is 1.39 bits per heavy atom. The summed E-state index contributed by atoms with van der Waals surface area (Å²) in [7, 11) is 0. The molecule has 7 heteroatoms. The van der Waals surface area contributed by atoms with Gasteiger partial charge in [0.1, 0.15) is 12.4 Å². The van der Waals surface area contributed by atoms with Crippen molar-refractivity contribution in [3.63, 3.8) is 0 Å². The summed E-state index contributed by atoms with van der Waals surface area (Å²) in [5, 5.41) is 12.7. The number of aryl methyl sites for hydroxylation is 1. The Hall–Kier alpha value is -1.24. The Balaban J connectivity index is 1.70. The molecule has 0 amide bonds. The van der Waals surface area contributed by atoms with Crippen molar-refractivity contribution in [2.45, 2.75) is 52.0 Å². The first-order chi connectivity index (χ1) is 11.2. The molecule has 0 saturated carbocycles. The fraction of sp³-hybridized carbons (Fsp3) is 0.812. The molecule has 2 aliphatic heterocycles. The first-order valence-corrected chi connectivity index (χ1v) is 9.79. The Morgan fingerprint density at radius 3 is 3.04 bits per heavy atom. The number of aliphatic imine (C=N–C) groups is 1. The first kappa shape index (κ1) is 16.6. The van der Waals surface area contributed by atoms with E-state index >= 15 is 0 Å². The second kappa shape index (κ2) is 7.55. The third kappa shape index (κ3) is 3.82. The number of nitrogens with zero attached hydrogens (tertiary/aromatic N) is 5. The zero-order chi connectivity index (χ0) is 16.2. The van der Waals surface area contributed by atoms with Crippen LogP contribution in [0.2, 0.25) is 0 Å². The van der Waals surface area contributed by atoms with E-state index in [-0.39, 0.29) is 0 Å². The van der Waals surface area contributed by atoms with Crippen molar-refractivity contribution in [2.75, 3.05) is 25.4 Å². The van der Waals surface area contributed by atoms with Crippen LogP contribution in [0.15, 0.2) is 4.99 Å². The molecule has 6 nitrogen and oxygen atoms in total. The van der Waals surface area contributed by atoms with Crippen molar-refractivity contribution in [3.8, 4) is 0 Å². The summed E-state index contributed by atoms with van der Waals surface area (Å²) in [5.41, 5.74) is 0. The summed E-state index contributed by atoms with van der Waals surface area (Å²) in [6.45, 7) is 11.4. The molecule has 3 heterocycles. The molecule has 1 aromatic rings. The van der Waals surface area contributed by atoms with Gasteiger partial charge in [0.05, 0.1) is 0 Å². The van der Waals surface area contributed by atoms with Gasteiger partial charge >= 0.3 is 0 Å². The van der Waals surface area contributed by atoms with E-state index in [0.717, 1.165) is 50.2 Å². The molecule has 0 bridgehead atoms. The highest BCUT2D eigenvalue weighted by Crippen LogP contribution is 2.25. The monoisotopic (exact) mass is 336 g/mol. The number of aromatic nitrogens is 3. The molecule has 2 aliphatic rings. The van der Waals surface area contributed by atoms with E-state index in [0.29, 0.717) is 17.7 Å². The lowest BCUT2D eigenvalue weighted by Gasteiger charge is -2.36. The standard InChI is InChI=1S/C16H28N6S/c1-4-17-16(21-8-9-23-13(11-21)12(2)3)18-10-15-20-19-14-6-5-7-22(14)15/h12-13H,4-11H2,1-3H3,(H,17,18). The number of hydrogen-bond donors (Lipinski definition) is 1. The van der Waals surface area contributed by atoms with Gasteiger partial charge in [0.15, 0.2) is 11.8 Å². The maximum atomic E-state index is 4.85. The van der Waals surface area contributed by atoms with Crippen LogP contribution in [0.1, 0.15) is 38.8 Å². The van der Waals surface area contributed by atoms with E-state index in [1.54, 1.807) is 0 Å². The fourth-order valence-corrected chi connectivity index (χ4v) is 4.47. The Bertz CT molecular complexity index is 553. The molecule has 1 N–H and O–H groups in total. The highest BCUT2D eigenvalue weighted by atomic mass is 32.2. The number of fused-ring (bicyclic) bond motifs is 1. The van der Waals surface area contributed by atoms with Crippen LogP contribution in [0, 0.1) is 5.92 Å². The molecule has 0 radical (unpaired) electrons. The van der Waals surface area contributed by atoms with Crippen LogP contribution in [0.3, 0.4) is 0 Å². The van der Waals surface area contributed by atoms with Crippen molar-refractivity contribution in [2.24, 2.45) is 10.9 Å². The van der Waals surface area contributed by atoms with Gasteiger partial charge < -0.3 is 14.8 Å². The SMILES string of the molecule is CCNC(=NCc1nnc2n1CCC2)N1CCSC(C(C)C)C1. The highest BCUT2D eigenvalue weighted by Gasteiger charge is 2.25. The topological polar surface area (TPSA) is 58.3 Å². The van der Waals surface area contributed by atoms with Gasteiger partial charge in [-0.15, -0.1) is 10.2 Å². The lowest BCUT2D eigenvalue weighted by Crippen LogP contribution is -2.49. The largest absolute Gasteiger partial charge is 0.357 e. The summed E-state index contributed by atoms with van der Waals surface area (Å²) < 4.78 is 2.23. The lowest BCUT2D eigenvalue weighted by molar-refractivity contribution is 0.380. The van der Waals surface area contributed by atoms with E-state index in [9.17, 15) is 0 Å².